The van der Waals surface area contributed by atoms with Crippen molar-refractivity contribution < 1.29 is 0 Å². The van der Waals surface area contributed by atoms with E-state index in [0.717, 1.165) is 37.5 Å². The summed E-state index contributed by atoms with van der Waals surface area (Å²) in [6.45, 7) is 3.54. The van der Waals surface area contributed by atoms with Gasteiger partial charge in [0.05, 0.1) is 24.1 Å². The highest BCUT2D eigenvalue weighted by Gasteiger charge is 2.23. The largest absolute Gasteiger partial charge is 0.364 e. The van der Waals surface area contributed by atoms with Crippen LogP contribution in [0, 0.1) is 0 Å². The van der Waals surface area contributed by atoms with Crippen LogP contribution < -0.4 is 10.6 Å². The van der Waals surface area contributed by atoms with Crippen LogP contribution in [0.2, 0.25) is 0 Å². The molecule has 0 aromatic carbocycles. The molecule has 1 aliphatic carbocycles. The molecule has 0 spiro atoms. The maximum Gasteiger partial charge on any atom is 0.152 e. The molecule has 4 heterocycles. The molecule has 0 saturated heterocycles. The molecule has 7 heteroatoms. The highest BCUT2D eigenvalue weighted by Crippen LogP contribution is 2.36. The molecule has 0 unspecified atom stereocenters. The highest BCUT2D eigenvalue weighted by molar-refractivity contribution is 5.68. The van der Waals surface area contributed by atoms with Crippen LogP contribution in [0.15, 0.2) is 24.7 Å². The lowest BCUT2D eigenvalue weighted by Crippen LogP contribution is -2.29. The molecule has 2 N–H and O–H groups in total. The Morgan fingerprint density at radius 1 is 1.33 bits per heavy atom. The molecule has 24 heavy (non-hydrogen) atoms. The van der Waals surface area contributed by atoms with Crippen molar-refractivity contribution in [2.24, 2.45) is 0 Å². The average molecular weight is 323 g/mol. The molecule has 3 aromatic rings. The first-order chi connectivity index (χ1) is 11.9. The molecule has 3 aromatic heterocycles. The number of anilines is 1. The zero-order valence-electron chi connectivity index (χ0n) is 13.6. The molecule has 1 aliphatic heterocycles. The fourth-order valence-corrected chi connectivity index (χ4v) is 3.55. The number of nitrogens with zero attached hydrogens (tertiary/aromatic N) is 5. The Morgan fingerprint density at radius 2 is 2.29 bits per heavy atom. The van der Waals surface area contributed by atoms with Crippen molar-refractivity contribution in [2.45, 2.75) is 44.8 Å². The number of rotatable bonds is 4. The van der Waals surface area contributed by atoms with Crippen LogP contribution in [0.5, 0.6) is 0 Å². The van der Waals surface area contributed by atoms with Crippen LogP contribution >= 0.6 is 0 Å². The van der Waals surface area contributed by atoms with E-state index in [1.54, 1.807) is 0 Å². The lowest BCUT2D eigenvalue weighted by Gasteiger charge is -2.22. The second kappa shape index (κ2) is 5.59. The van der Waals surface area contributed by atoms with E-state index in [-0.39, 0.29) is 0 Å². The van der Waals surface area contributed by atoms with Crippen LogP contribution in [0.25, 0.3) is 5.52 Å². The summed E-state index contributed by atoms with van der Waals surface area (Å²) in [5.41, 5.74) is 4.75. The topological polar surface area (TPSA) is 72.1 Å². The van der Waals surface area contributed by atoms with Gasteiger partial charge in [-0.1, -0.05) is 6.42 Å². The van der Waals surface area contributed by atoms with Crippen LogP contribution in [0.4, 0.5) is 5.82 Å². The van der Waals surface area contributed by atoms with Crippen LogP contribution in [-0.4, -0.2) is 30.9 Å². The second-order valence-corrected chi connectivity index (χ2v) is 6.67. The van der Waals surface area contributed by atoms with Gasteiger partial charge >= 0.3 is 0 Å². The molecule has 0 amide bonds. The minimum Gasteiger partial charge on any atom is -0.364 e. The summed E-state index contributed by atoms with van der Waals surface area (Å²) in [4.78, 5) is 4.52. The Kier molecular flexibility index (Phi) is 3.26. The van der Waals surface area contributed by atoms with Gasteiger partial charge in [-0.25, -0.2) is 9.50 Å². The number of hydrogen-bond donors (Lipinski definition) is 2. The minimum atomic E-state index is 0.631. The molecule has 124 valence electrons. The summed E-state index contributed by atoms with van der Waals surface area (Å²) < 4.78 is 4.03. The maximum atomic E-state index is 4.72. The fraction of sp³-hybridized carbons (Fsp3) is 0.471. The lowest BCUT2D eigenvalue weighted by atomic mass is 9.83. The predicted molar refractivity (Wildman–Crippen MR) is 90.8 cm³/mol. The van der Waals surface area contributed by atoms with Gasteiger partial charge in [0, 0.05) is 43.5 Å². The van der Waals surface area contributed by atoms with E-state index in [9.17, 15) is 0 Å². The van der Waals surface area contributed by atoms with Crippen molar-refractivity contribution in [3.63, 3.8) is 0 Å². The first-order valence-electron chi connectivity index (χ1n) is 8.71. The molecule has 1 fully saturated rings. The third-order valence-electron chi connectivity index (χ3n) is 5.21. The normalized spacial score (nSPS) is 17.7. The molecule has 5 rings (SSSR count). The third-order valence-corrected chi connectivity index (χ3v) is 5.21. The number of nitrogens with one attached hydrogen (secondary N) is 2. The van der Waals surface area contributed by atoms with Gasteiger partial charge in [-0.15, -0.1) is 0 Å². The van der Waals surface area contributed by atoms with Crippen molar-refractivity contribution >= 4 is 11.3 Å². The SMILES string of the molecule is c1cn2nc(C3CCC3)cc2c(NCc2cnn3c2CNCC3)n1. The van der Waals surface area contributed by atoms with Crippen molar-refractivity contribution in [1.82, 2.24) is 29.7 Å². The maximum absolute atomic E-state index is 4.72. The summed E-state index contributed by atoms with van der Waals surface area (Å²) in [5.74, 6) is 1.52. The van der Waals surface area contributed by atoms with Gasteiger partial charge in [0.2, 0.25) is 0 Å². The first kappa shape index (κ1) is 14.0. The van der Waals surface area contributed by atoms with Crippen molar-refractivity contribution in [3.05, 3.63) is 41.6 Å². The molecular formula is C17H21N7. The Balaban J connectivity index is 1.40. The monoisotopic (exact) mass is 323 g/mol. The summed E-state index contributed by atoms with van der Waals surface area (Å²) in [7, 11) is 0. The Labute approximate surface area is 140 Å². The molecule has 7 nitrogen and oxygen atoms in total. The molecule has 2 aliphatic rings. The van der Waals surface area contributed by atoms with Crippen LogP contribution in [0.1, 0.15) is 42.1 Å². The van der Waals surface area contributed by atoms with E-state index in [1.807, 2.05) is 23.1 Å². The van der Waals surface area contributed by atoms with Gasteiger partial charge in [0.15, 0.2) is 5.82 Å². The van der Waals surface area contributed by atoms with Gasteiger partial charge in [-0.3, -0.25) is 4.68 Å². The molecule has 0 bridgehead atoms. The lowest BCUT2D eigenvalue weighted by molar-refractivity contribution is 0.409. The molecular weight excluding hydrogens is 302 g/mol. The summed E-state index contributed by atoms with van der Waals surface area (Å²) >= 11 is 0. The van der Waals surface area contributed by atoms with E-state index < -0.39 is 0 Å². The highest BCUT2D eigenvalue weighted by atomic mass is 15.3. The fourth-order valence-electron chi connectivity index (χ4n) is 3.55. The molecule has 0 radical (unpaired) electrons. The van der Waals surface area contributed by atoms with Gasteiger partial charge in [-0.2, -0.15) is 10.2 Å². The van der Waals surface area contributed by atoms with E-state index >= 15 is 0 Å². The van der Waals surface area contributed by atoms with Crippen molar-refractivity contribution in [2.75, 3.05) is 11.9 Å². The molecule has 0 atom stereocenters. The van der Waals surface area contributed by atoms with E-state index in [2.05, 4.69) is 31.5 Å². The second-order valence-electron chi connectivity index (χ2n) is 6.67. The zero-order valence-corrected chi connectivity index (χ0v) is 13.6. The Morgan fingerprint density at radius 3 is 3.17 bits per heavy atom. The van der Waals surface area contributed by atoms with Gasteiger partial charge in [0.1, 0.15) is 5.52 Å². The van der Waals surface area contributed by atoms with E-state index in [1.165, 1.54) is 36.2 Å². The van der Waals surface area contributed by atoms with Gasteiger partial charge in [-0.05, 0) is 18.9 Å². The summed E-state index contributed by atoms with van der Waals surface area (Å²) in [6.07, 6.45) is 9.54. The quantitative estimate of drug-likeness (QED) is 0.767. The standard InChI is InChI=1S/C17H21N7/c1-2-12(3-1)14-8-15-17(19-5-7-24(15)22-14)20-9-13-10-21-23-6-4-18-11-16(13)23/h5,7-8,10,12,18H,1-4,6,9,11H2,(H,19,20). The van der Waals surface area contributed by atoms with Gasteiger partial charge in [0.25, 0.3) is 0 Å². The number of hydrogen-bond acceptors (Lipinski definition) is 5. The first-order valence-corrected chi connectivity index (χ1v) is 8.71. The molecule has 1 saturated carbocycles. The van der Waals surface area contributed by atoms with Crippen molar-refractivity contribution in [1.29, 1.82) is 0 Å². The smallest absolute Gasteiger partial charge is 0.152 e. The van der Waals surface area contributed by atoms with E-state index in [0.29, 0.717) is 5.92 Å². The van der Waals surface area contributed by atoms with E-state index in [4.69, 9.17) is 5.10 Å². The third kappa shape index (κ3) is 2.27. The van der Waals surface area contributed by atoms with Crippen LogP contribution in [0.3, 0.4) is 0 Å². The average Bonchev–Trinajstić information content (AvgIpc) is 3.15. The Hall–Kier alpha value is -2.41. The van der Waals surface area contributed by atoms with Crippen molar-refractivity contribution in [3.8, 4) is 0 Å². The van der Waals surface area contributed by atoms with Gasteiger partial charge < -0.3 is 10.6 Å². The Bertz CT molecular complexity index is 874. The number of aromatic nitrogens is 5. The zero-order chi connectivity index (χ0) is 15.9. The number of fused-ring (bicyclic) bond motifs is 2. The predicted octanol–water partition coefficient (Wildman–Crippen LogP) is 1.91. The summed E-state index contributed by atoms with van der Waals surface area (Å²) in [5, 5.41) is 16.1. The minimum absolute atomic E-state index is 0.631. The summed E-state index contributed by atoms with van der Waals surface area (Å²) in [6, 6.07) is 2.19. The van der Waals surface area contributed by atoms with Crippen LogP contribution in [-0.2, 0) is 19.6 Å².